The summed E-state index contributed by atoms with van der Waals surface area (Å²) in [7, 11) is 1.72. The van der Waals surface area contributed by atoms with E-state index in [2.05, 4.69) is 17.3 Å². The van der Waals surface area contributed by atoms with Gasteiger partial charge in [0.25, 0.3) is 0 Å². The Labute approximate surface area is 60.5 Å². The van der Waals surface area contributed by atoms with Crippen molar-refractivity contribution in [2.24, 2.45) is 10.8 Å². The van der Waals surface area contributed by atoms with Crippen LogP contribution in [-0.2, 0) is 0 Å². The maximum absolute atomic E-state index is 5.23. The molecule has 9 heavy (non-hydrogen) atoms. The summed E-state index contributed by atoms with van der Waals surface area (Å²) < 4.78 is 0. The lowest BCUT2D eigenvalue weighted by Gasteiger charge is -2.09. The van der Waals surface area contributed by atoms with E-state index in [1.807, 2.05) is 13.8 Å². The molecule has 0 aliphatic carbocycles. The predicted molar refractivity (Wildman–Crippen MR) is 43.3 cm³/mol. The fourth-order valence-electron chi connectivity index (χ4n) is 0.349. The van der Waals surface area contributed by atoms with Crippen molar-refractivity contribution < 1.29 is 0 Å². The smallest absolute Gasteiger partial charge is 0.186 e. The molecule has 0 aliphatic heterocycles. The van der Waals surface area contributed by atoms with Crippen LogP contribution in [0, 0.1) is 0 Å². The van der Waals surface area contributed by atoms with E-state index in [0.717, 1.165) is 5.71 Å². The molecule has 0 rings (SSSR count). The van der Waals surface area contributed by atoms with Crippen molar-refractivity contribution in [1.29, 1.82) is 0 Å². The first kappa shape index (κ1) is 8.36. The topological polar surface area (TPSA) is 41.6 Å². The zero-order valence-corrected chi connectivity index (χ0v) is 6.70. The van der Waals surface area contributed by atoms with Gasteiger partial charge in [0, 0.05) is 12.8 Å². The van der Waals surface area contributed by atoms with Crippen LogP contribution in [0.25, 0.3) is 0 Å². The molecule has 0 aliphatic rings. The molecule has 2 N–H and O–H groups in total. The fraction of sp³-hybridized carbons (Fsp3) is 0.600. The van der Waals surface area contributed by atoms with Crippen LogP contribution >= 0.6 is 12.2 Å². The molecule has 0 heterocycles. The van der Waals surface area contributed by atoms with Crippen molar-refractivity contribution >= 4 is 23.0 Å². The third kappa shape index (κ3) is 3.90. The van der Waals surface area contributed by atoms with Crippen LogP contribution in [0.5, 0.6) is 0 Å². The van der Waals surface area contributed by atoms with Gasteiger partial charge in [-0.1, -0.05) is 0 Å². The highest BCUT2D eigenvalue weighted by Crippen LogP contribution is 1.83. The average molecular weight is 145 g/mol. The van der Waals surface area contributed by atoms with Crippen LogP contribution in [0.15, 0.2) is 5.10 Å². The number of hydrogen-bond donors (Lipinski definition) is 1. The highest BCUT2D eigenvalue weighted by molar-refractivity contribution is 7.80. The molecular formula is C5H11N3S. The van der Waals surface area contributed by atoms with Crippen LogP contribution in [0.4, 0.5) is 0 Å². The Kier molecular flexibility index (Phi) is 3.16. The lowest BCUT2D eigenvalue weighted by molar-refractivity contribution is 0.548. The maximum atomic E-state index is 5.23. The van der Waals surface area contributed by atoms with Gasteiger partial charge in [0.2, 0.25) is 0 Å². The lowest BCUT2D eigenvalue weighted by atomic mass is 10.5. The number of nitrogens with two attached hydrogens (primary N) is 1. The third-order valence-corrected chi connectivity index (χ3v) is 0.933. The zero-order chi connectivity index (χ0) is 7.44. The van der Waals surface area contributed by atoms with E-state index in [1.165, 1.54) is 5.01 Å². The molecule has 0 aromatic heterocycles. The van der Waals surface area contributed by atoms with Crippen LogP contribution in [-0.4, -0.2) is 22.9 Å². The van der Waals surface area contributed by atoms with E-state index in [4.69, 9.17) is 5.73 Å². The van der Waals surface area contributed by atoms with E-state index in [0.29, 0.717) is 0 Å². The van der Waals surface area contributed by atoms with Gasteiger partial charge in [-0.2, -0.15) is 5.10 Å². The molecular weight excluding hydrogens is 134 g/mol. The molecule has 3 nitrogen and oxygen atoms in total. The van der Waals surface area contributed by atoms with Gasteiger partial charge >= 0.3 is 0 Å². The normalized spacial score (nSPS) is 8.33. The van der Waals surface area contributed by atoms with Gasteiger partial charge in [0.1, 0.15) is 0 Å². The molecule has 0 saturated heterocycles. The van der Waals surface area contributed by atoms with E-state index in [1.54, 1.807) is 7.05 Å². The van der Waals surface area contributed by atoms with Crippen molar-refractivity contribution in [3.05, 3.63) is 0 Å². The lowest BCUT2D eigenvalue weighted by Crippen LogP contribution is -2.27. The molecule has 0 fully saturated rings. The van der Waals surface area contributed by atoms with E-state index >= 15 is 0 Å². The molecule has 0 bridgehead atoms. The number of hydrazone groups is 1. The largest absolute Gasteiger partial charge is 0.375 e. The Balaban J connectivity index is 3.91. The summed E-state index contributed by atoms with van der Waals surface area (Å²) in [6.45, 7) is 3.77. The first-order valence-electron chi connectivity index (χ1n) is 2.59. The van der Waals surface area contributed by atoms with Gasteiger partial charge in [0.15, 0.2) is 5.11 Å². The summed E-state index contributed by atoms with van der Waals surface area (Å²) in [6.07, 6.45) is 0. The number of thiocarbonyl (C=S) groups is 1. The first-order chi connectivity index (χ1) is 4.04. The highest BCUT2D eigenvalue weighted by atomic mass is 32.1. The fourth-order valence-corrected chi connectivity index (χ4v) is 0.390. The second-order valence-electron chi connectivity index (χ2n) is 1.91. The Morgan fingerprint density at radius 1 is 1.56 bits per heavy atom. The van der Waals surface area contributed by atoms with Gasteiger partial charge in [-0.15, -0.1) is 0 Å². The molecule has 52 valence electrons. The zero-order valence-electron chi connectivity index (χ0n) is 5.88. The number of hydrogen-bond acceptors (Lipinski definition) is 2. The summed E-state index contributed by atoms with van der Waals surface area (Å²) in [5, 5.41) is 5.71. The molecule has 0 unspecified atom stereocenters. The van der Waals surface area contributed by atoms with Crippen molar-refractivity contribution in [2.75, 3.05) is 7.05 Å². The van der Waals surface area contributed by atoms with Crippen molar-refractivity contribution in [2.45, 2.75) is 13.8 Å². The summed E-state index contributed by atoms with van der Waals surface area (Å²) >= 11 is 4.63. The first-order valence-corrected chi connectivity index (χ1v) is 3.00. The molecule has 0 aromatic rings. The number of rotatable bonds is 1. The monoisotopic (exact) mass is 145 g/mol. The molecule has 0 aromatic carbocycles. The van der Waals surface area contributed by atoms with Crippen molar-refractivity contribution in [3.63, 3.8) is 0 Å². The van der Waals surface area contributed by atoms with Gasteiger partial charge in [-0.05, 0) is 26.1 Å². The summed E-state index contributed by atoms with van der Waals surface area (Å²) in [4.78, 5) is 0. The second-order valence-corrected chi connectivity index (χ2v) is 2.33. The SMILES string of the molecule is CC(C)=NN(C)C(N)=S. The standard InChI is InChI=1S/C5H11N3S/c1-4(2)7-8(3)5(6)9/h1-3H3,(H2,6,9). The van der Waals surface area contributed by atoms with Gasteiger partial charge < -0.3 is 5.73 Å². The van der Waals surface area contributed by atoms with Crippen LogP contribution in [0.3, 0.4) is 0 Å². The Morgan fingerprint density at radius 3 is 2.11 bits per heavy atom. The minimum absolute atomic E-state index is 0.288. The van der Waals surface area contributed by atoms with Crippen molar-refractivity contribution in [3.8, 4) is 0 Å². The van der Waals surface area contributed by atoms with E-state index < -0.39 is 0 Å². The quantitative estimate of drug-likeness (QED) is 0.333. The van der Waals surface area contributed by atoms with E-state index in [9.17, 15) is 0 Å². The number of nitrogens with zero attached hydrogens (tertiary/aromatic N) is 2. The Morgan fingerprint density at radius 2 is 2.00 bits per heavy atom. The summed E-state index contributed by atoms with van der Waals surface area (Å²) in [6, 6.07) is 0. The van der Waals surface area contributed by atoms with Crippen LogP contribution in [0.2, 0.25) is 0 Å². The van der Waals surface area contributed by atoms with Gasteiger partial charge in [-0.25, -0.2) is 5.01 Å². The minimum Gasteiger partial charge on any atom is -0.375 e. The van der Waals surface area contributed by atoms with Gasteiger partial charge in [0.05, 0.1) is 0 Å². The molecule has 0 atom stereocenters. The second kappa shape index (κ2) is 3.40. The van der Waals surface area contributed by atoms with Crippen molar-refractivity contribution in [1.82, 2.24) is 5.01 Å². The molecule has 0 spiro atoms. The minimum atomic E-state index is 0.288. The predicted octanol–water partition coefficient (Wildman–Crippen LogP) is 0.558. The van der Waals surface area contributed by atoms with E-state index in [-0.39, 0.29) is 5.11 Å². The molecule has 0 radical (unpaired) electrons. The highest BCUT2D eigenvalue weighted by Gasteiger charge is 1.92. The van der Waals surface area contributed by atoms with Crippen LogP contribution < -0.4 is 5.73 Å². The molecule has 4 heteroatoms. The average Bonchev–Trinajstić information content (AvgIpc) is 1.63. The molecule has 0 saturated carbocycles. The Bertz CT molecular complexity index is 137. The summed E-state index contributed by atoms with van der Waals surface area (Å²) in [5.74, 6) is 0. The third-order valence-electron chi connectivity index (χ3n) is 0.669. The van der Waals surface area contributed by atoms with Gasteiger partial charge in [-0.3, -0.25) is 0 Å². The summed E-state index contributed by atoms with van der Waals surface area (Å²) in [5.41, 5.74) is 6.17. The Hall–Kier alpha value is -0.640. The molecule has 0 amide bonds. The maximum Gasteiger partial charge on any atom is 0.186 e. The van der Waals surface area contributed by atoms with Crippen LogP contribution in [0.1, 0.15) is 13.8 Å².